The predicted octanol–water partition coefficient (Wildman–Crippen LogP) is 1.86. The molecule has 1 spiro atoms. The first-order valence-electron chi connectivity index (χ1n) is 6.87. The molecule has 1 aliphatic carbocycles. The van der Waals surface area contributed by atoms with E-state index in [9.17, 15) is 0 Å². The van der Waals surface area contributed by atoms with Crippen LogP contribution in [0, 0.1) is 0 Å². The second-order valence-electron chi connectivity index (χ2n) is 5.60. The van der Waals surface area contributed by atoms with Crippen molar-refractivity contribution in [3.05, 3.63) is 0 Å². The van der Waals surface area contributed by atoms with Gasteiger partial charge in [-0.05, 0) is 19.3 Å². The summed E-state index contributed by atoms with van der Waals surface area (Å²) >= 11 is 0. The molecule has 3 rings (SSSR count). The van der Waals surface area contributed by atoms with Crippen LogP contribution < -0.4 is 5.32 Å². The van der Waals surface area contributed by atoms with Crippen molar-refractivity contribution in [3.8, 4) is 0 Å². The summed E-state index contributed by atoms with van der Waals surface area (Å²) in [6.45, 7) is 2.75. The van der Waals surface area contributed by atoms with Crippen LogP contribution in [0.1, 0.15) is 44.9 Å². The first kappa shape index (κ1) is 11.0. The number of hydrogen-bond acceptors (Lipinski definition) is 3. The van der Waals surface area contributed by atoms with Gasteiger partial charge in [-0.3, -0.25) is 0 Å². The van der Waals surface area contributed by atoms with Crippen molar-refractivity contribution in [2.45, 2.75) is 62.7 Å². The van der Waals surface area contributed by atoms with Gasteiger partial charge < -0.3 is 14.8 Å². The van der Waals surface area contributed by atoms with Crippen LogP contribution in [0.5, 0.6) is 0 Å². The van der Waals surface area contributed by atoms with Crippen LogP contribution in [0.4, 0.5) is 0 Å². The molecule has 3 aliphatic rings. The van der Waals surface area contributed by atoms with E-state index >= 15 is 0 Å². The van der Waals surface area contributed by atoms with Gasteiger partial charge in [0.2, 0.25) is 0 Å². The van der Waals surface area contributed by atoms with Crippen molar-refractivity contribution < 1.29 is 9.47 Å². The van der Waals surface area contributed by atoms with E-state index in [2.05, 4.69) is 5.32 Å². The molecule has 0 amide bonds. The lowest BCUT2D eigenvalue weighted by Gasteiger charge is -2.47. The Morgan fingerprint density at radius 2 is 1.88 bits per heavy atom. The molecule has 3 fully saturated rings. The molecule has 0 aromatic carbocycles. The average molecular weight is 225 g/mol. The maximum atomic E-state index is 6.46. The Morgan fingerprint density at radius 1 is 1.06 bits per heavy atom. The summed E-state index contributed by atoms with van der Waals surface area (Å²) < 4.78 is 12.0. The Bertz CT molecular complexity index is 236. The van der Waals surface area contributed by atoms with Gasteiger partial charge in [-0.15, -0.1) is 0 Å². The van der Waals surface area contributed by atoms with E-state index in [1.165, 1.54) is 38.5 Å². The van der Waals surface area contributed by atoms with Crippen LogP contribution in [-0.2, 0) is 9.47 Å². The third kappa shape index (κ3) is 2.13. The molecule has 1 N–H and O–H groups in total. The third-order valence-corrected chi connectivity index (χ3v) is 4.40. The monoisotopic (exact) mass is 225 g/mol. The highest BCUT2D eigenvalue weighted by atomic mass is 16.5. The van der Waals surface area contributed by atoms with Gasteiger partial charge in [-0.1, -0.05) is 25.7 Å². The van der Waals surface area contributed by atoms with E-state index < -0.39 is 0 Å². The molecule has 0 bridgehead atoms. The fraction of sp³-hybridized carbons (Fsp3) is 1.00. The Labute approximate surface area is 97.9 Å². The Hall–Kier alpha value is -0.120. The summed E-state index contributed by atoms with van der Waals surface area (Å²) in [5, 5.41) is 3.66. The fourth-order valence-corrected chi connectivity index (χ4v) is 3.40. The molecule has 2 saturated heterocycles. The lowest BCUT2D eigenvalue weighted by molar-refractivity contribution is -0.172. The maximum Gasteiger partial charge on any atom is 0.0811 e. The zero-order valence-corrected chi connectivity index (χ0v) is 10.0. The second kappa shape index (κ2) is 4.63. The molecule has 92 valence electrons. The van der Waals surface area contributed by atoms with E-state index in [-0.39, 0.29) is 5.60 Å². The van der Waals surface area contributed by atoms with Gasteiger partial charge >= 0.3 is 0 Å². The molecule has 0 aromatic rings. The van der Waals surface area contributed by atoms with Crippen molar-refractivity contribution in [1.29, 1.82) is 0 Å². The van der Waals surface area contributed by atoms with Crippen molar-refractivity contribution in [1.82, 2.24) is 5.32 Å². The molecule has 0 radical (unpaired) electrons. The SMILES string of the molecule is C1CCCC2(CC1)CNC1COCCC1O2. The molecule has 2 heterocycles. The minimum absolute atomic E-state index is 0.162. The summed E-state index contributed by atoms with van der Waals surface area (Å²) in [6, 6.07) is 0.447. The van der Waals surface area contributed by atoms with Gasteiger partial charge in [0.25, 0.3) is 0 Å². The van der Waals surface area contributed by atoms with Crippen LogP contribution >= 0.6 is 0 Å². The maximum absolute atomic E-state index is 6.46. The molecule has 1 saturated carbocycles. The topological polar surface area (TPSA) is 30.5 Å². The molecule has 0 aromatic heterocycles. The van der Waals surface area contributed by atoms with Crippen molar-refractivity contribution >= 4 is 0 Å². The first-order chi connectivity index (χ1) is 7.88. The number of fused-ring (bicyclic) bond motifs is 1. The zero-order valence-electron chi connectivity index (χ0n) is 10.0. The largest absolute Gasteiger partial charge is 0.380 e. The van der Waals surface area contributed by atoms with E-state index in [0.717, 1.165) is 26.2 Å². The lowest BCUT2D eigenvalue weighted by atomic mass is 9.89. The smallest absolute Gasteiger partial charge is 0.0811 e. The molecule has 3 nitrogen and oxygen atoms in total. The van der Waals surface area contributed by atoms with E-state index in [1.807, 2.05) is 0 Å². The molecular weight excluding hydrogens is 202 g/mol. The minimum atomic E-state index is 0.162. The molecule has 2 unspecified atom stereocenters. The van der Waals surface area contributed by atoms with Crippen LogP contribution in [0.3, 0.4) is 0 Å². The van der Waals surface area contributed by atoms with Crippen molar-refractivity contribution in [2.24, 2.45) is 0 Å². The summed E-state index contributed by atoms with van der Waals surface area (Å²) in [6.07, 6.45) is 9.45. The number of ether oxygens (including phenoxy) is 2. The van der Waals surface area contributed by atoms with Crippen LogP contribution in [0.15, 0.2) is 0 Å². The standard InChI is InChI=1S/C13H23NO2/c1-2-4-7-13(6-3-1)10-14-11-9-15-8-5-12(11)16-13/h11-12,14H,1-10H2. The first-order valence-corrected chi connectivity index (χ1v) is 6.87. The summed E-state index contributed by atoms with van der Waals surface area (Å²) in [7, 11) is 0. The molecule has 2 aliphatic heterocycles. The summed E-state index contributed by atoms with van der Waals surface area (Å²) in [4.78, 5) is 0. The number of nitrogens with one attached hydrogen (secondary N) is 1. The van der Waals surface area contributed by atoms with Crippen LogP contribution in [-0.4, -0.2) is 37.5 Å². The second-order valence-corrected chi connectivity index (χ2v) is 5.60. The highest BCUT2D eigenvalue weighted by Gasteiger charge is 2.42. The zero-order chi connectivity index (χ0) is 10.8. The van der Waals surface area contributed by atoms with Crippen LogP contribution in [0.25, 0.3) is 0 Å². The number of morpholine rings is 1. The van der Waals surface area contributed by atoms with Gasteiger partial charge in [-0.2, -0.15) is 0 Å². The average Bonchev–Trinajstić information content (AvgIpc) is 2.55. The summed E-state index contributed by atoms with van der Waals surface area (Å²) in [5.74, 6) is 0. The van der Waals surface area contributed by atoms with Gasteiger partial charge in [0, 0.05) is 13.2 Å². The van der Waals surface area contributed by atoms with E-state index in [4.69, 9.17) is 9.47 Å². The molecule has 2 atom stereocenters. The molecule has 16 heavy (non-hydrogen) atoms. The number of hydrogen-bond donors (Lipinski definition) is 1. The summed E-state index contributed by atoms with van der Waals surface area (Å²) in [5.41, 5.74) is 0.162. The van der Waals surface area contributed by atoms with Gasteiger partial charge in [-0.25, -0.2) is 0 Å². The van der Waals surface area contributed by atoms with E-state index in [0.29, 0.717) is 12.1 Å². The molecule has 3 heteroatoms. The van der Waals surface area contributed by atoms with Gasteiger partial charge in [0.15, 0.2) is 0 Å². The normalized spacial score (nSPS) is 39.0. The minimum Gasteiger partial charge on any atom is -0.380 e. The third-order valence-electron chi connectivity index (χ3n) is 4.40. The van der Waals surface area contributed by atoms with Gasteiger partial charge in [0.05, 0.1) is 24.4 Å². The highest BCUT2D eigenvalue weighted by Crippen LogP contribution is 2.35. The highest BCUT2D eigenvalue weighted by molar-refractivity contribution is 4.96. The quantitative estimate of drug-likeness (QED) is 0.682. The Balaban J connectivity index is 1.67. The Kier molecular flexibility index (Phi) is 3.18. The number of rotatable bonds is 0. The van der Waals surface area contributed by atoms with E-state index in [1.54, 1.807) is 0 Å². The van der Waals surface area contributed by atoms with Crippen LogP contribution in [0.2, 0.25) is 0 Å². The molecular formula is C13H23NO2. The lowest BCUT2D eigenvalue weighted by Crippen LogP contribution is -2.62. The predicted molar refractivity (Wildman–Crippen MR) is 62.5 cm³/mol. The van der Waals surface area contributed by atoms with Gasteiger partial charge in [0.1, 0.15) is 0 Å². The Morgan fingerprint density at radius 3 is 2.69 bits per heavy atom. The fourth-order valence-electron chi connectivity index (χ4n) is 3.40. The van der Waals surface area contributed by atoms with Crippen molar-refractivity contribution in [3.63, 3.8) is 0 Å². The van der Waals surface area contributed by atoms with Crippen molar-refractivity contribution in [2.75, 3.05) is 19.8 Å².